The Morgan fingerprint density at radius 3 is 2.63 bits per heavy atom. The predicted octanol–water partition coefficient (Wildman–Crippen LogP) is 3.17. The number of benzene rings is 1. The highest BCUT2D eigenvalue weighted by atomic mass is 127. The van der Waals surface area contributed by atoms with Crippen molar-refractivity contribution in [1.29, 1.82) is 0 Å². The maximum atomic E-state index is 11.5. The van der Waals surface area contributed by atoms with Crippen LogP contribution in [-0.2, 0) is 11.2 Å². The van der Waals surface area contributed by atoms with Gasteiger partial charge < -0.3 is 10.1 Å². The van der Waals surface area contributed by atoms with Gasteiger partial charge in [0.2, 0.25) is 0 Å². The lowest BCUT2D eigenvalue weighted by Gasteiger charge is -2.19. The van der Waals surface area contributed by atoms with E-state index in [1.807, 2.05) is 32.9 Å². The zero-order valence-electron chi connectivity index (χ0n) is 11.3. The summed E-state index contributed by atoms with van der Waals surface area (Å²) in [6, 6.07) is 5.51. The van der Waals surface area contributed by atoms with Gasteiger partial charge >= 0.3 is 6.09 Å². The first-order chi connectivity index (χ1) is 8.81. The van der Waals surface area contributed by atoms with Crippen molar-refractivity contribution in [2.75, 3.05) is 6.54 Å². The predicted molar refractivity (Wildman–Crippen MR) is 82.5 cm³/mol. The third-order valence-corrected chi connectivity index (χ3v) is 3.28. The average molecular weight is 375 g/mol. The van der Waals surface area contributed by atoms with E-state index < -0.39 is 11.7 Å². The highest BCUT2D eigenvalue weighted by molar-refractivity contribution is 14.1. The second-order valence-corrected chi connectivity index (χ2v) is 6.31. The van der Waals surface area contributed by atoms with E-state index in [1.54, 1.807) is 6.07 Å². The molecule has 1 aromatic rings. The Balaban J connectivity index is 2.45. The molecule has 0 aliphatic carbocycles. The van der Waals surface area contributed by atoms with Crippen LogP contribution in [0, 0.1) is 3.57 Å². The molecule has 5 heteroatoms. The Hall–Kier alpha value is -1.11. The fourth-order valence-electron chi connectivity index (χ4n) is 1.45. The summed E-state index contributed by atoms with van der Waals surface area (Å²) in [5.74, 6) is 0. The van der Waals surface area contributed by atoms with Crippen molar-refractivity contribution in [1.82, 2.24) is 5.32 Å². The molecule has 0 saturated carbocycles. The zero-order chi connectivity index (χ0) is 14.5. The van der Waals surface area contributed by atoms with Crippen LogP contribution in [0.5, 0.6) is 0 Å². The minimum absolute atomic E-state index is 0.410. The molecule has 1 aromatic carbocycles. The molecule has 4 nitrogen and oxygen atoms in total. The number of carbonyl (C=O) groups excluding carboxylic acids is 2. The molecule has 19 heavy (non-hydrogen) atoms. The van der Waals surface area contributed by atoms with Gasteiger partial charge in [-0.3, -0.25) is 4.79 Å². The number of alkyl carbamates (subject to hydrolysis) is 1. The van der Waals surface area contributed by atoms with Gasteiger partial charge in [0.05, 0.1) is 0 Å². The molecular weight excluding hydrogens is 357 g/mol. The number of amides is 1. The highest BCUT2D eigenvalue weighted by Gasteiger charge is 2.15. The Kier molecular flexibility index (Phi) is 5.78. The van der Waals surface area contributed by atoms with Crippen molar-refractivity contribution in [3.63, 3.8) is 0 Å². The number of carbonyl (C=O) groups is 2. The number of halogens is 1. The van der Waals surface area contributed by atoms with Gasteiger partial charge in [0, 0.05) is 15.7 Å². The quantitative estimate of drug-likeness (QED) is 0.650. The van der Waals surface area contributed by atoms with E-state index in [9.17, 15) is 9.59 Å². The van der Waals surface area contributed by atoms with Gasteiger partial charge in [-0.05, 0) is 61.4 Å². The van der Waals surface area contributed by atoms with Crippen molar-refractivity contribution in [2.45, 2.75) is 32.8 Å². The van der Waals surface area contributed by atoms with Crippen LogP contribution in [0.15, 0.2) is 18.2 Å². The van der Waals surface area contributed by atoms with Crippen molar-refractivity contribution >= 4 is 35.0 Å². The standard InChI is InChI=1S/C14H18INO3/c1-14(2,3)19-13(18)16-7-6-11-5-4-10(9-17)8-12(11)15/h4-5,8-9H,6-7H2,1-3H3,(H,16,18). The molecule has 0 aliphatic heterocycles. The lowest BCUT2D eigenvalue weighted by atomic mass is 10.1. The molecule has 0 heterocycles. The summed E-state index contributed by atoms with van der Waals surface area (Å²) in [6.07, 6.45) is 1.12. The summed E-state index contributed by atoms with van der Waals surface area (Å²) in [7, 11) is 0. The summed E-state index contributed by atoms with van der Waals surface area (Å²) in [6.45, 7) is 5.99. The van der Waals surface area contributed by atoms with Crippen LogP contribution in [0.4, 0.5) is 4.79 Å². The van der Waals surface area contributed by atoms with Gasteiger partial charge in [0.15, 0.2) is 0 Å². The van der Waals surface area contributed by atoms with Crippen molar-refractivity contribution in [3.05, 3.63) is 32.9 Å². The van der Waals surface area contributed by atoms with Crippen LogP contribution < -0.4 is 5.32 Å². The summed E-state index contributed by atoms with van der Waals surface area (Å²) in [5, 5.41) is 2.71. The lowest BCUT2D eigenvalue weighted by molar-refractivity contribution is 0.0528. The van der Waals surface area contributed by atoms with Crippen molar-refractivity contribution in [2.24, 2.45) is 0 Å². The number of ether oxygens (including phenoxy) is 1. The van der Waals surface area contributed by atoms with Gasteiger partial charge in [-0.25, -0.2) is 4.79 Å². The molecule has 1 N–H and O–H groups in total. The Labute approximate surface area is 127 Å². The van der Waals surface area contributed by atoms with Gasteiger partial charge in [-0.2, -0.15) is 0 Å². The molecule has 0 aromatic heterocycles. The molecule has 0 saturated heterocycles. The molecule has 1 amide bonds. The molecule has 0 aliphatic rings. The molecule has 0 fully saturated rings. The Morgan fingerprint density at radius 2 is 2.11 bits per heavy atom. The molecule has 104 valence electrons. The summed E-state index contributed by atoms with van der Waals surface area (Å²) >= 11 is 2.19. The minimum atomic E-state index is -0.482. The highest BCUT2D eigenvalue weighted by Crippen LogP contribution is 2.14. The van der Waals surface area contributed by atoms with E-state index in [1.165, 1.54) is 0 Å². The SMILES string of the molecule is CC(C)(C)OC(=O)NCCc1ccc(C=O)cc1I. The van der Waals surface area contributed by atoms with Crippen LogP contribution in [0.2, 0.25) is 0 Å². The molecular formula is C14H18INO3. The van der Waals surface area contributed by atoms with Gasteiger partial charge in [-0.1, -0.05) is 12.1 Å². The first-order valence-corrected chi connectivity index (χ1v) is 7.10. The third-order valence-electron chi connectivity index (χ3n) is 2.28. The van der Waals surface area contributed by atoms with Gasteiger partial charge in [-0.15, -0.1) is 0 Å². The maximum Gasteiger partial charge on any atom is 0.407 e. The number of hydrogen-bond donors (Lipinski definition) is 1. The van der Waals surface area contributed by atoms with Crippen LogP contribution in [-0.4, -0.2) is 24.5 Å². The zero-order valence-corrected chi connectivity index (χ0v) is 13.5. The maximum absolute atomic E-state index is 11.5. The molecule has 0 bridgehead atoms. The summed E-state index contributed by atoms with van der Waals surface area (Å²) in [4.78, 5) is 22.1. The first kappa shape index (κ1) is 15.9. The topological polar surface area (TPSA) is 55.4 Å². The van der Waals surface area contributed by atoms with Crippen LogP contribution in [0.1, 0.15) is 36.7 Å². The normalized spacial score (nSPS) is 10.9. The average Bonchev–Trinajstić information content (AvgIpc) is 2.28. The van der Waals surface area contributed by atoms with E-state index >= 15 is 0 Å². The van der Waals surface area contributed by atoms with E-state index in [0.29, 0.717) is 18.5 Å². The number of rotatable bonds is 4. The van der Waals surface area contributed by atoms with Crippen molar-refractivity contribution in [3.8, 4) is 0 Å². The smallest absolute Gasteiger partial charge is 0.407 e. The second kappa shape index (κ2) is 6.88. The fraction of sp³-hybridized carbons (Fsp3) is 0.429. The van der Waals surface area contributed by atoms with Crippen molar-refractivity contribution < 1.29 is 14.3 Å². The van der Waals surface area contributed by atoms with Crippen LogP contribution in [0.3, 0.4) is 0 Å². The van der Waals surface area contributed by atoms with E-state index in [-0.39, 0.29) is 0 Å². The van der Waals surface area contributed by atoms with Gasteiger partial charge in [0.1, 0.15) is 11.9 Å². The van der Waals surface area contributed by atoms with Crippen LogP contribution >= 0.6 is 22.6 Å². The minimum Gasteiger partial charge on any atom is -0.444 e. The number of nitrogens with one attached hydrogen (secondary N) is 1. The Bertz CT molecular complexity index is 466. The molecule has 0 unspecified atom stereocenters. The molecule has 0 atom stereocenters. The summed E-state index contributed by atoms with van der Waals surface area (Å²) < 4.78 is 6.17. The molecule has 0 spiro atoms. The van der Waals surface area contributed by atoms with E-state index in [4.69, 9.17) is 4.74 Å². The van der Waals surface area contributed by atoms with Crippen LogP contribution in [0.25, 0.3) is 0 Å². The molecule has 0 radical (unpaired) electrons. The second-order valence-electron chi connectivity index (χ2n) is 5.15. The lowest BCUT2D eigenvalue weighted by Crippen LogP contribution is -2.33. The first-order valence-electron chi connectivity index (χ1n) is 6.02. The monoisotopic (exact) mass is 375 g/mol. The third kappa shape index (κ3) is 6.04. The largest absolute Gasteiger partial charge is 0.444 e. The number of hydrogen-bond acceptors (Lipinski definition) is 3. The van der Waals surface area contributed by atoms with E-state index in [0.717, 1.165) is 15.4 Å². The molecule has 1 rings (SSSR count). The van der Waals surface area contributed by atoms with E-state index in [2.05, 4.69) is 27.9 Å². The fourth-order valence-corrected chi connectivity index (χ4v) is 2.26. The Morgan fingerprint density at radius 1 is 1.42 bits per heavy atom. The van der Waals surface area contributed by atoms with Gasteiger partial charge in [0.25, 0.3) is 0 Å². The number of aldehydes is 1. The summed E-state index contributed by atoms with van der Waals surface area (Å²) in [5.41, 5.74) is 1.28.